The Bertz CT molecular complexity index is 465. The lowest BCUT2D eigenvalue weighted by molar-refractivity contribution is 0.132. The molecule has 2 heterocycles. The van der Waals surface area contributed by atoms with Gasteiger partial charge in [0.05, 0.1) is 5.69 Å². The van der Waals surface area contributed by atoms with Crippen molar-refractivity contribution in [3.63, 3.8) is 0 Å². The highest BCUT2D eigenvalue weighted by Crippen LogP contribution is 2.19. The number of hydrogen-bond donors (Lipinski definition) is 2. The number of aromatic nitrogens is 1. The third-order valence-electron chi connectivity index (χ3n) is 4.41. The number of nitrogens with one attached hydrogen (secondary N) is 1. The van der Waals surface area contributed by atoms with Crippen molar-refractivity contribution in [1.29, 1.82) is 0 Å². The molecular weight excluding hydrogens is 282 g/mol. The van der Waals surface area contributed by atoms with Gasteiger partial charge in [0.1, 0.15) is 5.76 Å². The van der Waals surface area contributed by atoms with Gasteiger partial charge in [-0.3, -0.25) is 0 Å². The lowest BCUT2D eigenvalue weighted by Gasteiger charge is -2.35. The van der Waals surface area contributed by atoms with Gasteiger partial charge in [-0.05, 0) is 52.4 Å². The highest BCUT2D eigenvalue weighted by Gasteiger charge is 2.25. The molecule has 1 saturated heterocycles. The van der Waals surface area contributed by atoms with Gasteiger partial charge in [0.2, 0.25) is 0 Å². The number of urea groups is 1. The molecular formula is C16H27N3O3. The molecule has 2 N–H and O–H groups in total. The highest BCUT2D eigenvalue weighted by molar-refractivity contribution is 5.74. The van der Waals surface area contributed by atoms with E-state index in [9.17, 15) is 4.79 Å². The van der Waals surface area contributed by atoms with Crippen LogP contribution in [0.25, 0.3) is 0 Å². The predicted molar refractivity (Wildman–Crippen MR) is 83.7 cm³/mol. The summed E-state index contributed by atoms with van der Waals surface area (Å²) < 4.78 is 5.14. The maximum absolute atomic E-state index is 12.3. The van der Waals surface area contributed by atoms with Crippen molar-refractivity contribution in [2.75, 3.05) is 19.7 Å². The van der Waals surface area contributed by atoms with Crippen LogP contribution >= 0.6 is 0 Å². The quantitative estimate of drug-likeness (QED) is 0.789. The summed E-state index contributed by atoms with van der Waals surface area (Å²) in [6.07, 6.45) is 5.59. The first kappa shape index (κ1) is 16.8. The fourth-order valence-electron chi connectivity index (χ4n) is 3.14. The van der Waals surface area contributed by atoms with E-state index in [0.29, 0.717) is 13.0 Å². The molecule has 0 bridgehead atoms. The van der Waals surface area contributed by atoms with E-state index in [1.165, 1.54) is 0 Å². The summed E-state index contributed by atoms with van der Waals surface area (Å²) in [4.78, 5) is 14.2. The van der Waals surface area contributed by atoms with Crippen molar-refractivity contribution in [2.24, 2.45) is 0 Å². The summed E-state index contributed by atoms with van der Waals surface area (Å²) in [5, 5.41) is 16.1. The lowest BCUT2D eigenvalue weighted by Crippen LogP contribution is -2.49. The van der Waals surface area contributed by atoms with Gasteiger partial charge in [-0.25, -0.2) is 4.79 Å². The Morgan fingerprint density at radius 1 is 1.45 bits per heavy atom. The summed E-state index contributed by atoms with van der Waals surface area (Å²) in [7, 11) is 0. The molecule has 2 amide bonds. The molecule has 124 valence electrons. The summed E-state index contributed by atoms with van der Waals surface area (Å²) in [6, 6.07) is 0.179. The maximum Gasteiger partial charge on any atom is 0.317 e. The number of carbonyl (C=O) groups excluding carboxylic acids is 1. The van der Waals surface area contributed by atoms with Gasteiger partial charge >= 0.3 is 6.03 Å². The van der Waals surface area contributed by atoms with Crippen LogP contribution in [0.15, 0.2) is 4.52 Å². The van der Waals surface area contributed by atoms with E-state index in [0.717, 1.165) is 55.7 Å². The minimum Gasteiger partial charge on any atom is -0.396 e. The zero-order valence-electron chi connectivity index (χ0n) is 13.6. The van der Waals surface area contributed by atoms with Crippen LogP contribution in [0.3, 0.4) is 0 Å². The minimum absolute atomic E-state index is 0.00286. The Morgan fingerprint density at radius 3 is 2.95 bits per heavy atom. The van der Waals surface area contributed by atoms with Gasteiger partial charge in [-0.15, -0.1) is 0 Å². The minimum atomic E-state index is -0.00286. The second kappa shape index (κ2) is 8.17. The Kier molecular flexibility index (Phi) is 6.24. The summed E-state index contributed by atoms with van der Waals surface area (Å²) >= 11 is 0. The highest BCUT2D eigenvalue weighted by atomic mass is 16.5. The number of nitrogens with zero attached hydrogens (tertiary/aromatic N) is 2. The number of aryl methyl sites for hydroxylation is 2. The first-order valence-electron chi connectivity index (χ1n) is 8.20. The van der Waals surface area contributed by atoms with E-state index >= 15 is 0 Å². The predicted octanol–water partition coefficient (Wildman–Crippen LogP) is 2.17. The average Bonchev–Trinajstić information content (AvgIpc) is 2.83. The van der Waals surface area contributed by atoms with Crippen LogP contribution in [0, 0.1) is 13.8 Å². The first-order chi connectivity index (χ1) is 10.6. The molecule has 2 rings (SSSR count). The monoisotopic (exact) mass is 309 g/mol. The third kappa shape index (κ3) is 4.22. The van der Waals surface area contributed by atoms with Crippen LogP contribution in [0.4, 0.5) is 4.79 Å². The Labute approximate surface area is 131 Å². The van der Waals surface area contributed by atoms with E-state index in [2.05, 4.69) is 10.5 Å². The molecule has 0 aliphatic carbocycles. The van der Waals surface area contributed by atoms with Crippen LogP contribution in [-0.4, -0.2) is 46.9 Å². The molecule has 1 atom stereocenters. The number of likely N-dealkylation sites (tertiary alicyclic amines) is 1. The number of aliphatic hydroxyl groups excluding tert-OH is 1. The molecule has 1 aromatic heterocycles. The number of amides is 2. The Balaban J connectivity index is 1.75. The second-order valence-corrected chi connectivity index (χ2v) is 5.99. The van der Waals surface area contributed by atoms with E-state index in [1.54, 1.807) is 0 Å². The van der Waals surface area contributed by atoms with Gasteiger partial charge in [0, 0.05) is 31.3 Å². The molecule has 1 aliphatic heterocycles. The summed E-state index contributed by atoms with van der Waals surface area (Å²) in [5.41, 5.74) is 2.08. The maximum atomic E-state index is 12.3. The molecule has 6 heteroatoms. The number of piperidine rings is 1. The molecule has 1 aliphatic rings. The van der Waals surface area contributed by atoms with Crippen molar-refractivity contribution in [3.8, 4) is 0 Å². The fraction of sp³-hybridized carbons (Fsp3) is 0.750. The average molecular weight is 309 g/mol. The standard InChI is InChI=1S/C16H27N3O3/c1-12-15(13(2)22-18-12)7-5-9-17-16(21)19-10-4-3-6-14(19)8-11-20/h14,20H,3-11H2,1-2H3,(H,17,21). The smallest absolute Gasteiger partial charge is 0.317 e. The summed E-state index contributed by atoms with van der Waals surface area (Å²) in [5.74, 6) is 0.864. The normalized spacial score (nSPS) is 18.5. The van der Waals surface area contributed by atoms with Crippen LogP contribution in [0.5, 0.6) is 0 Å². The van der Waals surface area contributed by atoms with E-state index in [4.69, 9.17) is 9.63 Å². The van der Waals surface area contributed by atoms with Crippen LogP contribution in [0.1, 0.15) is 49.1 Å². The molecule has 6 nitrogen and oxygen atoms in total. The van der Waals surface area contributed by atoms with Crippen molar-refractivity contribution in [3.05, 3.63) is 17.0 Å². The van der Waals surface area contributed by atoms with E-state index in [1.807, 2.05) is 18.7 Å². The molecule has 1 unspecified atom stereocenters. The molecule has 0 aromatic carbocycles. The zero-order valence-corrected chi connectivity index (χ0v) is 13.6. The van der Waals surface area contributed by atoms with E-state index in [-0.39, 0.29) is 18.7 Å². The van der Waals surface area contributed by atoms with Crippen LogP contribution in [0.2, 0.25) is 0 Å². The van der Waals surface area contributed by atoms with Crippen molar-refractivity contribution >= 4 is 6.03 Å². The SMILES string of the molecule is Cc1noc(C)c1CCCNC(=O)N1CCCCC1CCO. The molecule has 1 fully saturated rings. The Morgan fingerprint density at radius 2 is 2.27 bits per heavy atom. The molecule has 0 saturated carbocycles. The van der Waals surface area contributed by atoms with Gasteiger partial charge in [0.15, 0.2) is 0 Å². The molecule has 22 heavy (non-hydrogen) atoms. The van der Waals surface area contributed by atoms with Gasteiger partial charge in [-0.1, -0.05) is 5.16 Å². The molecule has 0 spiro atoms. The Hall–Kier alpha value is -1.56. The van der Waals surface area contributed by atoms with Crippen LogP contribution in [-0.2, 0) is 6.42 Å². The first-order valence-corrected chi connectivity index (χ1v) is 8.20. The number of carbonyl (C=O) groups is 1. The summed E-state index contributed by atoms with van der Waals surface area (Å²) in [6.45, 7) is 5.44. The number of rotatable bonds is 6. The largest absolute Gasteiger partial charge is 0.396 e. The number of aliphatic hydroxyl groups is 1. The zero-order chi connectivity index (χ0) is 15.9. The second-order valence-electron chi connectivity index (χ2n) is 5.99. The topological polar surface area (TPSA) is 78.6 Å². The fourth-order valence-corrected chi connectivity index (χ4v) is 3.14. The van der Waals surface area contributed by atoms with Crippen LogP contribution < -0.4 is 5.32 Å². The molecule has 1 aromatic rings. The van der Waals surface area contributed by atoms with Gasteiger partial charge in [0.25, 0.3) is 0 Å². The third-order valence-corrected chi connectivity index (χ3v) is 4.41. The van der Waals surface area contributed by atoms with Crippen molar-refractivity contribution < 1.29 is 14.4 Å². The van der Waals surface area contributed by atoms with E-state index < -0.39 is 0 Å². The van der Waals surface area contributed by atoms with Crippen molar-refractivity contribution in [1.82, 2.24) is 15.4 Å². The lowest BCUT2D eigenvalue weighted by atomic mass is 10.0. The number of hydrogen-bond acceptors (Lipinski definition) is 4. The van der Waals surface area contributed by atoms with Gasteiger partial charge in [-0.2, -0.15) is 0 Å². The van der Waals surface area contributed by atoms with Gasteiger partial charge < -0.3 is 19.8 Å². The van der Waals surface area contributed by atoms with Crippen molar-refractivity contribution in [2.45, 2.75) is 58.4 Å². The molecule has 0 radical (unpaired) electrons.